The molecule has 0 unspecified atom stereocenters. The van der Waals surface area contributed by atoms with E-state index in [-0.39, 0.29) is 5.91 Å². The summed E-state index contributed by atoms with van der Waals surface area (Å²) in [6, 6.07) is 10.9. The quantitative estimate of drug-likeness (QED) is 0.633. The van der Waals surface area contributed by atoms with Gasteiger partial charge in [0.25, 0.3) is 5.91 Å². The minimum Gasteiger partial charge on any atom is -0.495 e. The van der Waals surface area contributed by atoms with E-state index < -0.39 is 0 Å². The van der Waals surface area contributed by atoms with Crippen LogP contribution in [0, 0.1) is 0 Å². The highest BCUT2D eigenvalue weighted by atomic mass is 79.9. The summed E-state index contributed by atoms with van der Waals surface area (Å²) in [6.45, 7) is 2.67. The fourth-order valence-electron chi connectivity index (χ4n) is 2.58. The molecule has 0 aliphatic heterocycles. The number of thiazole rings is 1. The van der Waals surface area contributed by atoms with Crippen LogP contribution in [0.1, 0.15) is 17.3 Å². The van der Waals surface area contributed by atoms with Crippen molar-refractivity contribution < 1.29 is 14.3 Å². The number of aryl methyl sites for hydroxylation is 1. The molecule has 1 heterocycles. The lowest BCUT2D eigenvalue weighted by atomic mass is 10.2. The first-order chi connectivity index (χ1) is 12.1. The van der Waals surface area contributed by atoms with Crippen LogP contribution in [0.3, 0.4) is 0 Å². The molecule has 0 radical (unpaired) electrons. The Bertz CT molecular complexity index is 990. The van der Waals surface area contributed by atoms with Crippen LogP contribution in [0.4, 0.5) is 0 Å². The van der Waals surface area contributed by atoms with Gasteiger partial charge in [-0.2, -0.15) is 4.99 Å². The maximum Gasteiger partial charge on any atom is 0.279 e. The van der Waals surface area contributed by atoms with Crippen molar-refractivity contribution in [3.05, 3.63) is 51.2 Å². The third-order valence-electron chi connectivity index (χ3n) is 3.80. The van der Waals surface area contributed by atoms with Gasteiger partial charge in [0, 0.05) is 16.6 Å². The van der Waals surface area contributed by atoms with Crippen molar-refractivity contribution in [1.29, 1.82) is 0 Å². The van der Waals surface area contributed by atoms with Gasteiger partial charge in [0.1, 0.15) is 21.7 Å². The molecular formula is C18H17BrN2O3S. The molecule has 3 aromatic rings. The zero-order valence-corrected chi connectivity index (χ0v) is 16.5. The summed E-state index contributed by atoms with van der Waals surface area (Å²) in [7, 11) is 3.25. The van der Waals surface area contributed by atoms with E-state index in [2.05, 4.69) is 20.9 Å². The van der Waals surface area contributed by atoms with Crippen molar-refractivity contribution in [1.82, 2.24) is 4.57 Å². The summed E-state index contributed by atoms with van der Waals surface area (Å²) in [4.78, 5) is 17.5. The predicted octanol–water partition coefficient (Wildman–Crippen LogP) is 4.24. The van der Waals surface area contributed by atoms with E-state index >= 15 is 0 Å². The number of fused-ring (bicyclic) bond motifs is 1. The highest BCUT2D eigenvalue weighted by molar-refractivity contribution is 9.10. The molecule has 25 heavy (non-hydrogen) atoms. The number of benzene rings is 2. The second-order valence-electron chi connectivity index (χ2n) is 5.20. The van der Waals surface area contributed by atoms with Gasteiger partial charge in [-0.05, 0) is 43.3 Å². The Morgan fingerprint density at radius 1 is 1.12 bits per heavy atom. The Labute approximate surface area is 157 Å². The van der Waals surface area contributed by atoms with Gasteiger partial charge in [0.05, 0.1) is 14.2 Å². The van der Waals surface area contributed by atoms with Gasteiger partial charge in [-0.15, -0.1) is 0 Å². The molecule has 3 rings (SSSR count). The Morgan fingerprint density at radius 3 is 2.36 bits per heavy atom. The van der Waals surface area contributed by atoms with E-state index in [9.17, 15) is 4.79 Å². The van der Waals surface area contributed by atoms with Crippen LogP contribution in [0.2, 0.25) is 0 Å². The van der Waals surface area contributed by atoms with Crippen LogP contribution in [0.25, 0.3) is 10.2 Å². The zero-order chi connectivity index (χ0) is 18.0. The fraction of sp³-hybridized carbons (Fsp3) is 0.222. The number of nitrogens with zero attached hydrogens (tertiary/aromatic N) is 2. The Morgan fingerprint density at radius 2 is 1.76 bits per heavy atom. The maximum atomic E-state index is 12.5. The Kier molecular flexibility index (Phi) is 5.24. The SMILES string of the molecule is CCn1c(=NC(=O)c2ccc(Br)cc2)sc2c(OC)ccc(OC)c21. The minimum absolute atomic E-state index is 0.279. The molecule has 0 fully saturated rings. The number of rotatable bonds is 4. The molecule has 0 saturated heterocycles. The van der Waals surface area contributed by atoms with Crippen molar-refractivity contribution in [2.45, 2.75) is 13.5 Å². The van der Waals surface area contributed by atoms with Gasteiger partial charge in [-0.1, -0.05) is 27.3 Å². The standard InChI is InChI=1S/C18H17BrN2O3S/c1-4-21-15-13(23-2)9-10-14(24-3)16(15)25-18(21)20-17(22)11-5-7-12(19)8-6-11/h5-10H,4H2,1-3H3. The van der Waals surface area contributed by atoms with Crippen LogP contribution in [-0.4, -0.2) is 24.7 Å². The molecule has 2 aromatic carbocycles. The maximum absolute atomic E-state index is 12.5. The van der Waals surface area contributed by atoms with Crippen molar-refractivity contribution in [2.75, 3.05) is 14.2 Å². The van der Waals surface area contributed by atoms with Gasteiger partial charge in [-0.3, -0.25) is 4.79 Å². The molecule has 0 bridgehead atoms. The van der Waals surface area contributed by atoms with Crippen molar-refractivity contribution in [3.8, 4) is 11.5 Å². The summed E-state index contributed by atoms with van der Waals surface area (Å²) in [6.07, 6.45) is 0. The average molecular weight is 421 g/mol. The number of halogens is 1. The predicted molar refractivity (Wildman–Crippen MR) is 103 cm³/mol. The number of ether oxygens (including phenoxy) is 2. The van der Waals surface area contributed by atoms with E-state index in [0.29, 0.717) is 16.9 Å². The number of methoxy groups -OCH3 is 2. The monoisotopic (exact) mass is 420 g/mol. The van der Waals surface area contributed by atoms with Gasteiger partial charge in [-0.25, -0.2) is 0 Å². The van der Waals surface area contributed by atoms with E-state index in [4.69, 9.17) is 9.47 Å². The molecule has 0 N–H and O–H groups in total. The van der Waals surface area contributed by atoms with Crippen molar-refractivity contribution >= 4 is 43.4 Å². The number of hydrogen-bond acceptors (Lipinski definition) is 4. The number of aromatic nitrogens is 1. The van der Waals surface area contributed by atoms with Crippen LogP contribution >= 0.6 is 27.3 Å². The largest absolute Gasteiger partial charge is 0.495 e. The molecule has 7 heteroatoms. The Hall–Kier alpha value is -2.12. The van der Waals surface area contributed by atoms with Gasteiger partial charge >= 0.3 is 0 Å². The summed E-state index contributed by atoms with van der Waals surface area (Å²) >= 11 is 4.78. The van der Waals surface area contributed by atoms with Crippen LogP contribution in [-0.2, 0) is 6.54 Å². The number of hydrogen-bond donors (Lipinski definition) is 0. The van der Waals surface area contributed by atoms with E-state index in [1.165, 1.54) is 11.3 Å². The summed E-state index contributed by atoms with van der Waals surface area (Å²) in [5, 5.41) is 0. The second kappa shape index (κ2) is 7.41. The lowest BCUT2D eigenvalue weighted by Crippen LogP contribution is -2.16. The normalized spacial score (nSPS) is 11.8. The van der Waals surface area contributed by atoms with Gasteiger partial charge in [0.15, 0.2) is 4.80 Å². The zero-order valence-electron chi connectivity index (χ0n) is 14.1. The highest BCUT2D eigenvalue weighted by Crippen LogP contribution is 2.35. The van der Waals surface area contributed by atoms with Crippen LogP contribution in [0.5, 0.6) is 11.5 Å². The van der Waals surface area contributed by atoms with E-state index in [0.717, 1.165) is 26.2 Å². The highest BCUT2D eigenvalue weighted by Gasteiger charge is 2.16. The number of amides is 1. The van der Waals surface area contributed by atoms with E-state index in [1.54, 1.807) is 26.4 Å². The first-order valence-corrected chi connectivity index (χ1v) is 9.29. The molecule has 1 amide bonds. The number of carbonyl (C=O) groups excluding carboxylic acids is 1. The minimum atomic E-state index is -0.279. The van der Waals surface area contributed by atoms with Crippen molar-refractivity contribution in [2.24, 2.45) is 4.99 Å². The van der Waals surface area contributed by atoms with Crippen molar-refractivity contribution in [3.63, 3.8) is 0 Å². The summed E-state index contributed by atoms with van der Waals surface area (Å²) < 4.78 is 14.7. The van der Waals surface area contributed by atoms with Crippen LogP contribution < -0.4 is 14.3 Å². The second-order valence-corrected chi connectivity index (χ2v) is 7.09. The molecule has 5 nitrogen and oxygen atoms in total. The smallest absolute Gasteiger partial charge is 0.279 e. The number of carbonyl (C=O) groups is 1. The van der Waals surface area contributed by atoms with E-state index in [1.807, 2.05) is 35.8 Å². The average Bonchev–Trinajstić information content (AvgIpc) is 2.99. The summed E-state index contributed by atoms with van der Waals surface area (Å²) in [5.41, 5.74) is 1.43. The molecule has 1 aromatic heterocycles. The lowest BCUT2D eigenvalue weighted by Gasteiger charge is -2.08. The third kappa shape index (κ3) is 3.34. The molecule has 130 valence electrons. The molecule has 0 spiro atoms. The fourth-order valence-corrected chi connectivity index (χ4v) is 4.04. The van der Waals surface area contributed by atoms with Gasteiger partial charge < -0.3 is 14.0 Å². The molecular weight excluding hydrogens is 404 g/mol. The lowest BCUT2D eigenvalue weighted by molar-refractivity contribution is 0.0998. The first kappa shape index (κ1) is 17.7. The Balaban J connectivity index is 2.22. The van der Waals surface area contributed by atoms with Gasteiger partial charge in [0.2, 0.25) is 0 Å². The third-order valence-corrected chi connectivity index (χ3v) is 5.42. The molecule has 0 aliphatic carbocycles. The first-order valence-electron chi connectivity index (χ1n) is 7.68. The molecule has 0 saturated carbocycles. The molecule has 0 aliphatic rings. The topological polar surface area (TPSA) is 52.8 Å². The molecule has 0 atom stereocenters. The van der Waals surface area contributed by atoms with Crippen LogP contribution in [0.15, 0.2) is 45.9 Å². The summed E-state index contributed by atoms with van der Waals surface area (Å²) in [5.74, 6) is 1.19.